The fraction of sp³-hybridized carbons (Fsp3) is 0.913. The molecule has 0 spiro atoms. The molecular weight excluding hydrogens is 507 g/mol. The number of fused-ring (bicyclic) bond motifs is 3. The Morgan fingerprint density at radius 2 is 1.81 bits per heavy atom. The molecule has 2 bridgehead atoms. The number of nitrogens with one attached hydrogen (secondary N) is 2. The Hall–Kier alpha value is -0.770. The van der Waals surface area contributed by atoms with Gasteiger partial charge in [-0.2, -0.15) is 0 Å². The lowest BCUT2D eigenvalue weighted by Gasteiger charge is -2.55. The Labute approximate surface area is 204 Å². The summed E-state index contributed by atoms with van der Waals surface area (Å²) in [5.74, 6) is 1.49. The number of halogens is 1. The third-order valence-electron chi connectivity index (χ3n) is 7.39. The highest BCUT2D eigenvalue weighted by Gasteiger charge is 2.59. The lowest BCUT2D eigenvalue weighted by Crippen LogP contribution is -2.68. The normalized spacial score (nSPS) is 36.2. The molecule has 4 aliphatic rings. The largest absolute Gasteiger partial charge is 0.444 e. The van der Waals surface area contributed by atoms with E-state index in [1.165, 1.54) is 0 Å². The zero-order valence-electron chi connectivity index (χ0n) is 19.9. The van der Waals surface area contributed by atoms with Crippen molar-refractivity contribution in [1.29, 1.82) is 0 Å². The van der Waals surface area contributed by atoms with Crippen molar-refractivity contribution in [3.63, 3.8) is 0 Å². The first-order chi connectivity index (χ1) is 14.1. The Bertz CT molecular complexity index is 679. The van der Waals surface area contributed by atoms with Crippen molar-refractivity contribution in [3.8, 4) is 0 Å². The molecule has 2 N–H and O–H groups in total. The molecule has 1 aliphatic carbocycles. The second-order valence-electron chi connectivity index (χ2n) is 11.1. The van der Waals surface area contributed by atoms with E-state index in [0.717, 1.165) is 51.2 Å². The summed E-state index contributed by atoms with van der Waals surface area (Å²) in [5, 5.41) is 7.43. The first kappa shape index (κ1) is 24.9. The number of carbonyl (C=O) groups is 1. The number of guanidine groups is 1. The van der Waals surface area contributed by atoms with Gasteiger partial charge in [0, 0.05) is 48.7 Å². The monoisotopic (exact) mass is 548 g/mol. The van der Waals surface area contributed by atoms with E-state index in [2.05, 4.69) is 31.4 Å². The van der Waals surface area contributed by atoms with Crippen LogP contribution in [0.4, 0.5) is 4.79 Å². The minimum atomic E-state index is -0.451. The van der Waals surface area contributed by atoms with E-state index in [-0.39, 0.29) is 47.6 Å². The van der Waals surface area contributed by atoms with Crippen molar-refractivity contribution in [2.75, 3.05) is 13.2 Å². The molecule has 5 atom stereocenters. The third kappa shape index (κ3) is 4.94. The second kappa shape index (κ2) is 9.23. The number of amides is 1. The van der Waals surface area contributed by atoms with Gasteiger partial charge in [0.15, 0.2) is 5.96 Å². The lowest BCUT2D eigenvalue weighted by atomic mass is 9.57. The summed E-state index contributed by atoms with van der Waals surface area (Å²) in [6, 6.07) is 1.23. The van der Waals surface area contributed by atoms with Gasteiger partial charge < -0.3 is 25.0 Å². The number of nitrogens with zero attached hydrogens (tertiary/aromatic N) is 2. The first-order valence-corrected chi connectivity index (χ1v) is 11.8. The summed E-state index contributed by atoms with van der Waals surface area (Å²) in [5.41, 5.74) is -0.329. The smallest absolute Gasteiger partial charge is 0.410 e. The quantitative estimate of drug-likeness (QED) is 0.318. The number of hydrogen-bond acceptors (Lipinski definition) is 4. The fourth-order valence-corrected chi connectivity index (χ4v) is 6.16. The van der Waals surface area contributed by atoms with Crippen LogP contribution < -0.4 is 10.6 Å². The molecule has 3 heterocycles. The Morgan fingerprint density at radius 3 is 2.39 bits per heavy atom. The van der Waals surface area contributed by atoms with Gasteiger partial charge in [-0.25, -0.2) is 4.79 Å². The van der Waals surface area contributed by atoms with Gasteiger partial charge >= 0.3 is 6.09 Å². The van der Waals surface area contributed by atoms with Crippen molar-refractivity contribution in [1.82, 2.24) is 15.5 Å². The third-order valence-corrected chi connectivity index (χ3v) is 7.39. The Morgan fingerprint density at radius 1 is 1.16 bits per heavy atom. The van der Waals surface area contributed by atoms with E-state index in [9.17, 15) is 4.79 Å². The van der Waals surface area contributed by atoms with Gasteiger partial charge in [0.1, 0.15) is 5.60 Å². The summed E-state index contributed by atoms with van der Waals surface area (Å²) in [4.78, 5) is 19.5. The standard InChI is InChI=1S/C23H40N4O3.HI/c1-7-24-20(26-18-17-10-11-29-19(17)23(18,5)6)25-14-12-15-8-9-16(13-14)27(15)21(28)30-22(2,3)4;/h14-19H,7-13H2,1-6H3,(H2,24,25,26);1H. The van der Waals surface area contributed by atoms with E-state index in [1.54, 1.807) is 0 Å². The molecular formula is C23H41IN4O3. The summed E-state index contributed by atoms with van der Waals surface area (Å²) in [6.07, 6.45) is 5.36. The minimum absolute atomic E-state index is 0. The Kier molecular flexibility index (Phi) is 7.41. The fourth-order valence-electron chi connectivity index (χ4n) is 6.16. The number of ether oxygens (including phenoxy) is 2. The van der Waals surface area contributed by atoms with Crippen LogP contribution in [0, 0.1) is 11.3 Å². The molecule has 0 aromatic rings. The lowest BCUT2D eigenvalue weighted by molar-refractivity contribution is -0.106. The molecule has 8 heteroatoms. The van der Waals surface area contributed by atoms with Gasteiger partial charge in [-0.3, -0.25) is 4.99 Å². The second-order valence-corrected chi connectivity index (χ2v) is 11.1. The SMILES string of the molecule is CCN=C(NC1CC2CCC(C1)N2C(=O)OC(C)(C)C)NC1C2CCOC2C1(C)C.I. The van der Waals surface area contributed by atoms with Gasteiger partial charge in [-0.15, -0.1) is 24.0 Å². The Balaban J connectivity index is 0.00000272. The highest BCUT2D eigenvalue weighted by Crippen LogP contribution is 2.52. The number of aliphatic imine (C=N–C) groups is 1. The van der Waals surface area contributed by atoms with Gasteiger partial charge in [0.05, 0.1) is 6.10 Å². The van der Waals surface area contributed by atoms with Crippen molar-refractivity contribution < 1.29 is 14.3 Å². The van der Waals surface area contributed by atoms with Gasteiger partial charge in [-0.05, 0) is 59.8 Å². The average molecular weight is 549 g/mol. The van der Waals surface area contributed by atoms with Crippen molar-refractivity contribution in [3.05, 3.63) is 0 Å². The summed E-state index contributed by atoms with van der Waals surface area (Å²) in [6.45, 7) is 14.1. The molecule has 3 saturated heterocycles. The molecule has 3 aliphatic heterocycles. The molecule has 178 valence electrons. The molecule has 0 aromatic carbocycles. The van der Waals surface area contributed by atoms with Crippen LogP contribution in [0.25, 0.3) is 0 Å². The molecule has 5 unspecified atom stereocenters. The molecule has 1 saturated carbocycles. The molecule has 31 heavy (non-hydrogen) atoms. The predicted molar refractivity (Wildman–Crippen MR) is 133 cm³/mol. The van der Waals surface area contributed by atoms with Crippen molar-refractivity contribution in [2.45, 2.75) is 110 Å². The van der Waals surface area contributed by atoms with Crippen LogP contribution in [0.1, 0.15) is 73.6 Å². The summed E-state index contributed by atoms with van der Waals surface area (Å²) >= 11 is 0. The zero-order valence-corrected chi connectivity index (χ0v) is 22.3. The van der Waals surface area contributed by atoms with Crippen molar-refractivity contribution >= 4 is 36.0 Å². The topological polar surface area (TPSA) is 75.2 Å². The van der Waals surface area contributed by atoms with Crippen LogP contribution in [0.2, 0.25) is 0 Å². The van der Waals surface area contributed by atoms with Crippen LogP contribution in [-0.4, -0.2) is 66.0 Å². The molecule has 0 aromatic heterocycles. The zero-order chi connectivity index (χ0) is 21.7. The van der Waals surface area contributed by atoms with E-state index in [4.69, 9.17) is 14.5 Å². The molecule has 0 radical (unpaired) electrons. The molecule has 7 nitrogen and oxygen atoms in total. The number of carbonyl (C=O) groups excluding carboxylic acids is 1. The highest BCUT2D eigenvalue weighted by atomic mass is 127. The van der Waals surface area contributed by atoms with E-state index in [1.807, 2.05) is 25.7 Å². The number of rotatable bonds is 3. The van der Waals surface area contributed by atoms with Crippen molar-refractivity contribution in [2.24, 2.45) is 16.3 Å². The molecule has 4 fully saturated rings. The van der Waals surface area contributed by atoms with E-state index in [0.29, 0.717) is 24.1 Å². The van der Waals surface area contributed by atoms with Crippen LogP contribution >= 0.6 is 24.0 Å². The number of piperidine rings is 1. The van der Waals surface area contributed by atoms with Crippen LogP contribution in [0.5, 0.6) is 0 Å². The average Bonchev–Trinajstić information content (AvgIpc) is 3.20. The summed E-state index contributed by atoms with van der Waals surface area (Å²) in [7, 11) is 0. The van der Waals surface area contributed by atoms with Gasteiger partial charge in [0.25, 0.3) is 0 Å². The maximum atomic E-state index is 12.7. The maximum Gasteiger partial charge on any atom is 0.410 e. The maximum absolute atomic E-state index is 12.7. The first-order valence-electron chi connectivity index (χ1n) is 11.8. The van der Waals surface area contributed by atoms with Gasteiger partial charge in [0.2, 0.25) is 0 Å². The van der Waals surface area contributed by atoms with Crippen LogP contribution in [0.15, 0.2) is 4.99 Å². The molecule has 1 amide bonds. The minimum Gasteiger partial charge on any atom is -0.444 e. The molecule has 4 rings (SSSR count). The van der Waals surface area contributed by atoms with E-state index < -0.39 is 5.60 Å². The number of hydrogen-bond donors (Lipinski definition) is 2. The predicted octanol–water partition coefficient (Wildman–Crippen LogP) is 3.90. The summed E-state index contributed by atoms with van der Waals surface area (Å²) < 4.78 is 11.6. The highest BCUT2D eigenvalue weighted by molar-refractivity contribution is 14.0. The van der Waals surface area contributed by atoms with E-state index >= 15 is 0 Å². The van der Waals surface area contributed by atoms with Crippen LogP contribution in [0.3, 0.4) is 0 Å². The van der Waals surface area contributed by atoms with Gasteiger partial charge in [-0.1, -0.05) is 13.8 Å². The van der Waals surface area contributed by atoms with Crippen LogP contribution in [-0.2, 0) is 9.47 Å².